The van der Waals surface area contributed by atoms with Gasteiger partial charge in [0, 0.05) is 0 Å². The van der Waals surface area contributed by atoms with Crippen LogP contribution in [0, 0.1) is 0 Å². The lowest BCUT2D eigenvalue weighted by Gasteiger charge is -1.74. The molecule has 0 radical (unpaired) electrons. The average Bonchev–Trinajstić information content (AvgIpc) is 2.23. The first kappa shape index (κ1) is 36.1. The molecule has 0 aromatic heterocycles. The van der Waals surface area contributed by atoms with Crippen molar-refractivity contribution in [3.8, 4) is 0 Å². The molecular formula is C12H30Cl3N3. The fourth-order valence-corrected chi connectivity index (χ4v) is 0.354. The lowest BCUT2D eigenvalue weighted by molar-refractivity contribution is 1.01. The Hall–Kier alpha value is -0.0300. The van der Waals surface area contributed by atoms with Gasteiger partial charge in [-0.1, -0.05) is 18.2 Å². The zero-order valence-corrected chi connectivity index (χ0v) is 13.5. The van der Waals surface area contributed by atoms with Crippen LogP contribution >= 0.6 is 37.2 Å². The number of rotatable bonds is 6. The van der Waals surface area contributed by atoms with Crippen molar-refractivity contribution in [2.45, 2.75) is 19.3 Å². The third kappa shape index (κ3) is 100. The molecule has 0 aromatic rings. The van der Waals surface area contributed by atoms with E-state index in [0.717, 1.165) is 38.9 Å². The quantitative estimate of drug-likeness (QED) is 0.658. The third-order valence-electron chi connectivity index (χ3n) is 1.11. The molecule has 0 rings (SSSR count). The standard InChI is InChI=1S/3C4H9N.3ClH/c3*1-2-3-4-5;;;/h3*2H,1,3-5H2;3*1H. The molecule has 0 fully saturated rings. The third-order valence-corrected chi connectivity index (χ3v) is 1.11. The lowest BCUT2D eigenvalue weighted by Crippen LogP contribution is -1.94. The van der Waals surface area contributed by atoms with E-state index >= 15 is 0 Å². The summed E-state index contributed by atoms with van der Waals surface area (Å²) < 4.78 is 0. The van der Waals surface area contributed by atoms with Gasteiger partial charge in [0.2, 0.25) is 0 Å². The second kappa shape index (κ2) is 53.8. The van der Waals surface area contributed by atoms with Gasteiger partial charge in [0.15, 0.2) is 0 Å². The second-order valence-corrected chi connectivity index (χ2v) is 2.60. The van der Waals surface area contributed by atoms with Crippen molar-refractivity contribution in [1.29, 1.82) is 0 Å². The van der Waals surface area contributed by atoms with E-state index in [2.05, 4.69) is 19.7 Å². The maximum Gasteiger partial charge on any atom is -0.00427 e. The van der Waals surface area contributed by atoms with E-state index in [9.17, 15) is 0 Å². The smallest absolute Gasteiger partial charge is 0.00427 e. The van der Waals surface area contributed by atoms with Crippen LogP contribution in [-0.4, -0.2) is 19.6 Å². The summed E-state index contributed by atoms with van der Waals surface area (Å²) in [7, 11) is 0. The van der Waals surface area contributed by atoms with E-state index in [1.165, 1.54) is 0 Å². The summed E-state index contributed by atoms with van der Waals surface area (Å²) in [4.78, 5) is 0. The summed E-state index contributed by atoms with van der Waals surface area (Å²) in [6.07, 6.45) is 8.21. The van der Waals surface area contributed by atoms with Crippen LogP contribution < -0.4 is 17.2 Å². The molecular weight excluding hydrogens is 293 g/mol. The molecule has 0 spiro atoms. The van der Waals surface area contributed by atoms with Crippen molar-refractivity contribution in [1.82, 2.24) is 0 Å². The molecule has 0 aliphatic heterocycles. The maximum atomic E-state index is 5.07. The molecule has 6 heteroatoms. The molecule has 18 heavy (non-hydrogen) atoms. The lowest BCUT2D eigenvalue weighted by atomic mass is 10.4. The zero-order valence-electron chi connectivity index (χ0n) is 11.1. The van der Waals surface area contributed by atoms with Gasteiger partial charge in [-0.05, 0) is 38.9 Å². The minimum absolute atomic E-state index is 0. The summed E-state index contributed by atoms with van der Waals surface area (Å²) in [5, 5.41) is 0. The molecule has 0 heterocycles. The molecule has 0 saturated carbocycles. The van der Waals surface area contributed by atoms with Crippen molar-refractivity contribution in [2.75, 3.05) is 19.6 Å². The maximum absolute atomic E-state index is 5.07. The van der Waals surface area contributed by atoms with Crippen LogP contribution in [0.4, 0.5) is 0 Å². The Labute approximate surface area is 131 Å². The van der Waals surface area contributed by atoms with Gasteiger partial charge in [-0.2, -0.15) is 0 Å². The monoisotopic (exact) mass is 321 g/mol. The highest BCUT2D eigenvalue weighted by Crippen LogP contribution is 1.67. The SMILES string of the molecule is C=CCCN.C=CCCN.C=CCCN.Cl.Cl.Cl. The molecule has 6 N–H and O–H groups in total. The number of nitrogens with two attached hydrogens (primary N) is 3. The highest BCUT2D eigenvalue weighted by atomic mass is 35.5. The van der Waals surface area contributed by atoms with Gasteiger partial charge < -0.3 is 17.2 Å². The van der Waals surface area contributed by atoms with Gasteiger partial charge >= 0.3 is 0 Å². The van der Waals surface area contributed by atoms with E-state index in [4.69, 9.17) is 17.2 Å². The van der Waals surface area contributed by atoms with Crippen LogP contribution in [0.3, 0.4) is 0 Å². The second-order valence-electron chi connectivity index (χ2n) is 2.60. The van der Waals surface area contributed by atoms with Crippen molar-refractivity contribution in [3.63, 3.8) is 0 Å². The Morgan fingerprint density at radius 1 is 0.556 bits per heavy atom. The van der Waals surface area contributed by atoms with E-state index < -0.39 is 0 Å². The predicted molar refractivity (Wildman–Crippen MR) is 93.3 cm³/mol. The summed E-state index contributed by atoms with van der Waals surface area (Å²) in [5.41, 5.74) is 15.2. The predicted octanol–water partition coefficient (Wildman–Crippen LogP) is 2.83. The van der Waals surface area contributed by atoms with E-state index in [0.29, 0.717) is 0 Å². The Bertz CT molecular complexity index is 110. The van der Waals surface area contributed by atoms with Gasteiger partial charge in [-0.3, -0.25) is 0 Å². The summed E-state index contributed by atoms with van der Waals surface area (Å²) in [5.74, 6) is 0. The van der Waals surface area contributed by atoms with Gasteiger partial charge in [-0.15, -0.1) is 57.0 Å². The Balaban J connectivity index is -0.0000000277. The first-order valence-corrected chi connectivity index (χ1v) is 5.17. The summed E-state index contributed by atoms with van der Waals surface area (Å²) in [6, 6.07) is 0. The fraction of sp³-hybridized carbons (Fsp3) is 0.500. The Kier molecular flexibility index (Phi) is 108. The van der Waals surface area contributed by atoms with Crippen LogP contribution in [-0.2, 0) is 0 Å². The Morgan fingerprint density at radius 2 is 0.722 bits per heavy atom. The molecule has 0 aromatic carbocycles. The molecule has 0 bridgehead atoms. The molecule has 3 nitrogen and oxygen atoms in total. The van der Waals surface area contributed by atoms with Gasteiger partial charge in [-0.25, -0.2) is 0 Å². The zero-order chi connectivity index (χ0) is 12.4. The molecule has 0 atom stereocenters. The molecule has 114 valence electrons. The highest BCUT2D eigenvalue weighted by Gasteiger charge is 1.62. The molecule has 0 aliphatic carbocycles. The van der Waals surface area contributed by atoms with Gasteiger partial charge in [0.05, 0.1) is 0 Å². The normalized spacial score (nSPS) is 6.17. The summed E-state index contributed by atoms with van der Waals surface area (Å²) >= 11 is 0. The molecule has 0 unspecified atom stereocenters. The summed E-state index contributed by atoms with van der Waals surface area (Å²) in [6.45, 7) is 12.6. The van der Waals surface area contributed by atoms with Gasteiger partial charge in [0.25, 0.3) is 0 Å². The molecule has 0 saturated heterocycles. The number of hydrogen-bond acceptors (Lipinski definition) is 3. The van der Waals surface area contributed by atoms with Crippen LogP contribution in [0.25, 0.3) is 0 Å². The van der Waals surface area contributed by atoms with E-state index in [1.54, 1.807) is 18.2 Å². The minimum atomic E-state index is 0. The van der Waals surface area contributed by atoms with Crippen LogP contribution in [0.2, 0.25) is 0 Å². The molecule has 0 aliphatic rings. The topological polar surface area (TPSA) is 78.1 Å². The van der Waals surface area contributed by atoms with E-state index in [-0.39, 0.29) is 37.2 Å². The van der Waals surface area contributed by atoms with Crippen molar-refractivity contribution >= 4 is 37.2 Å². The van der Waals surface area contributed by atoms with Crippen LogP contribution in [0.15, 0.2) is 38.0 Å². The first-order valence-electron chi connectivity index (χ1n) is 5.17. The van der Waals surface area contributed by atoms with Crippen molar-refractivity contribution in [2.24, 2.45) is 17.2 Å². The molecule has 0 amide bonds. The van der Waals surface area contributed by atoms with E-state index in [1.807, 2.05) is 0 Å². The average molecular weight is 323 g/mol. The van der Waals surface area contributed by atoms with Crippen molar-refractivity contribution in [3.05, 3.63) is 38.0 Å². The largest absolute Gasteiger partial charge is 0.330 e. The number of halogens is 3. The fourth-order valence-electron chi connectivity index (χ4n) is 0.354. The van der Waals surface area contributed by atoms with Crippen LogP contribution in [0.1, 0.15) is 19.3 Å². The minimum Gasteiger partial charge on any atom is -0.330 e. The number of hydrogen-bond donors (Lipinski definition) is 3. The van der Waals surface area contributed by atoms with Crippen molar-refractivity contribution < 1.29 is 0 Å². The van der Waals surface area contributed by atoms with Gasteiger partial charge in [0.1, 0.15) is 0 Å². The first-order chi connectivity index (χ1) is 7.24. The Morgan fingerprint density at radius 3 is 0.722 bits per heavy atom. The highest BCUT2D eigenvalue weighted by molar-refractivity contribution is 5.86. The van der Waals surface area contributed by atoms with Crippen LogP contribution in [0.5, 0.6) is 0 Å².